The molecule has 3 aromatic carbocycles. The largest absolute Gasteiger partial charge is 0.478 e. The zero-order valence-electron chi connectivity index (χ0n) is 21.3. The summed E-state index contributed by atoms with van der Waals surface area (Å²) in [7, 11) is 0. The van der Waals surface area contributed by atoms with Crippen LogP contribution in [0.1, 0.15) is 84.5 Å². The third-order valence-electron chi connectivity index (χ3n) is 7.81. The van der Waals surface area contributed by atoms with Crippen molar-refractivity contribution in [2.24, 2.45) is 5.41 Å². The van der Waals surface area contributed by atoms with Gasteiger partial charge in [0, 0.05) is 5.56 Å². The summed E-state index contributed by atoms with van der Waals surface area (Å²) in [6.07, 6.45) is 3.08. The van der Waals surface area contributed by atoms with Crippen LogP contribution in [0.2, 0.25) is 5.02 Å². The molecule has 1 aliphatic carbocycles. The summed E-state index contributed by atoms with van der Waals surface area (Å²) in [4.78, 5) is 11.2. The van der Waals surface area contributed by atoms with Gasteiger partial charge in [-0.05, 0) is 83.9 Å². The van der Waals surface area contributed by atoms with Gasteiger partial charge in [-0.1, -0.05) is 69.3 Å². The van der Waals surface area contributed by atoms with Crippen LogP contribution in [-0.4, -0.2) is 11.1 Å². The summed E-state index contributed by atoms with van der Waals surface area (Å²) in [5, 5.41) is 9.67. The minimum absolute atomic E-state index is 0.110. The van der Waals surface area contributed by atoms with Crippen molar-refractivity contribution >= 4 is 23.3 Å². The van der Waals surface area contributed by atoms with Crippen LogP contribution in [0, 0.1) is 17.0 Å². The number of halogens is 3. The lowest BCUT2D eigenvalue weighted by molar-refractivity contribution is 0.0696. The average molecular weight is 525 g/mol. The third kappa shape index (κ3) is 5.57. The highest BCUT2D eigenvalue weighted by Gasteiger charge is 2.35. The molecule has 37 heavy (non-hydrogen) atoms. The fourth-order valence-electron chi connectivity index (χ4n) is 4.90. The molecule has 1 N–H and O–H groups in total. The summed E-state index contributed by atoms with van der Waals surface area (Å²) in [6, 6.07) is 14.4. The standard InChI is InChI=1S/C31H31ClF2O3/c1-5-31(4,18(2)22-15-14-21(30(35)36)16-28(22)34)17-25-23(8-7-11-27(25)33)19(3)37-29-24(20-12-13-20)9-6-10-26(29)32/h6-11,14-16,18,20H,3,5,12-13,17H2,1-2,4H3,(H,35,36). The first-order chi connectivity index (χ1) is 17.6. The van der Waals surface area contributed by atoms with Crippen molar-refractivity contribution in [3.63, 3.8) is 0 Å². The molecule has 194 valence electrons. The monoisotopic (exact) mass is 524 g/mol. The molecule has 1 aliphatic rings. The molecular weight excluding hydrogens is 494 g/mol. The molecule has 0 spiro atoms. The topological polar surface area (TPSA) is 46.5 Å². The predicted molar refractivity (Wildman–Crippen MR) is 143 cm³/mol. The van der Waals surface area contributed by atoms with Crippen LogP contribution in [0.5, 0.6) is 5.75 Å². The van der Waals surface area contributed by atoms with Crippen molar-refractivity contribution in [2.45, 2.75) is 58.3 Å². The van der Waals surface area contributed by atoms with Crippen molar-refractivity contribution in [3.05, 3.63) is 106 Å². The van der Waals surface area contributed by atoms with Crippen molar-refractivity contribution < 1.29 is 23.4 Å². The van der Waals surface area contributed by atoms with Gasteiger partial charge in [0.15, 0.2) is 0 Å². The fraction of sp³-hybridized carbons (Fsp3) is 0.323. The number of carboxylic acid groups (broad SMARTS) is 1. The summed E-state index contributed by atoms with van der Waals surface area (Å²) in [5.41, 5.74) is 1.74. The van der Waals surface area contributed by atoms with Crippen LogP contribution in [0.4, 0.5) is 8.78 Å². The Hall–Kier alpha value is -3.18. The lowest BCUT2D eigenvalue weighted by Crippen LogP contribution is -2.28. The van der Waals surface area contributed by atoms with Gasteiger partial charge >= 0.3 is 5.97 Å². The van der Waals surface area contributed by atoms with E-state index >= 15 is 4.39 Å². The first-order valence-electron chi connectivity index (χ1n) is 12.5. The minimum atomic E-state index is -1.19. The van der Waals surface area contributed by atoms with Crippen molar-refractivity contribution in [2.75, 3.05) is 0 Å². The van der Waals surface area contributed by atoms with E-state index in [9.17, 15) is 14.3 Å². The number of aromatic carboxylic acids is 1. The first-order valence-corrected chi connectivity index (χ1v) is 12.9. The van der Waals surface area contributed by atoms with E-state index in [2.05, 4.69) is 6.58 Å². The normalized spacial score (nSPS) is 15.6. The van der Waals surface area contributed by atoms with E-state index in [0.29, 0.717) is 52.0 Å². The number of ether oxygens (including phenoxy) is 1. The summed E-state index contributed by atoms with van der Waals surface area (Å²) < 4.78 is 36.5. The van der Waals surface area contributed by atoms with Crippen LogP contribution < -0.4 is 4.74 Å². The maximum absolute atomic E-state index is 15.3. The molecule has 0 aromatic heterocycles. The smallest absolute Gasteiger partial charge is 0.335 e. The molecule has 0 amide bonds. The lowest BCUT2D eigenvalue weighted by atomic mass is 9.68. The molecule has 2 atom stereocenters. The van der Waals surface area contributed by atoms with Crippen LogP contribution in [0.3, 0.4) is 0 Å². The Balaban J connectivity index is 1.66. The Bertz CT molecular complexity index is 1350. The van der Waals surface area contributed by atoms with Crippen LogP contribution >= 0.6 is 11.6 Å². The highest BCUT2D eigenvalue weighted by Crippen LogP contribution is 2.48. The molecule has 0 radical (unpaired) electrons. The zero-order chi connectivity index (χ0) is 26.9. The number of para-hydroxylation sites is 1. The van der Waals surface area contributed by atoms with E-state index in [4.69, 9.17) is 16.3 Å². The second-order valence-corrected chi connectivity index (χ2v) is 10.6. The Morgan fingerprint density at radius 1 is 1.16 bits per heavy atom. The fourth-order valence-corrected chi connectivity index (χ4v) is 5.12. The van der Waals surface area contributed by atoms with E-state index in [0.717, 1.165) is 24.5 Å². The van der Waals surface area contributed by atoms with Crippen LogP contribution in [0.25, 0.3) is 5.76 Å². The predicted octanol–water partition coefficient (Wildman–Crippen LogP) is 9.01. The molecule has 0 bridgehead atoms. The highest BCUT2D eigenvalue weighted by molar-refractivity contribution is 6.32. The summed E-state index contributed by atoms with van der Waals surface area (Å²) >= 11 is 6.48. The van der Waals surface area contributed by atoms with E-state index in [-0.39, 0.29) is 11.5 Å². The number of hydrogen-bond acceptors (Lipinski definition) is 2. The van der Waals surface area contributed by atoms with Gasteiger partial charge in [0.25, 0.3) is 0 Å². The van der Waals surface area contributed by atoms with Crippen molar-refractivity contribution in [1.29, 1.82) is 0 Å². The molecule has 3 aromatic rings. The number of carbonyl (C=O) groups is 1. The number of carboxylic acids is 1. The molecule has 6 heteroatoms. The van der Waals surface area contributed by atoms with Gasteiger partial charge in [-0.25, -0.2) is 13.6 Å². The van der Waals surface area contributed by atoms with Gasteiger partial charge < -0.3 is 9.84 Å². The highest BCUT2D eigenvalue weighted by atomic mass is 35.5. The maximum atomic E-state index is 15.3. The van der Waals surface area contributed by atoms with E-state index in [1.807, 2.05) is 32.9 Å². The second kappa shape index (κ2) is 10.7. The van der Waals surface area contributed by atoms with Crippen molar-refractivity contribution in [1.82, 2.24) is 0 Å². The molecule has 2 unspecified atom stereocenters. The van der Waals surface area contributed by atoms with Gasteiger partial charge in [0.05, 0.1) is 10.6 Å². The van der Waals surface area contributed by atoms with Gasteiger partial charge in [-0.2, -0.15) is 0 Å². The van der Waals surface area contributed by atoms with Gasteiger partial charge in [-0.3, -0.25) is 0 Å². The zero-order valence-corrected chi connectivity index (χ0v) is 22.0. The summed E-state index contributed by atoms with van der Waals surface area (Å²) in [6.45, 7) is 9.98. The van der Waals surface area contributed by atoms with Gasteiger partial charge in [-0.15, -0.1) is 0 Å². The van der Waals surface area contributed by atoms with Crippen molar-refractivity contribution in [3.8, 4) is 5.75 Å². The average Bonchev–Trinajstić information content (AvgIpc) is 3.71. The number of hydrogen-bond donors (Lipinski definition) is 1. The Kier molecular flexibility index (Phi) is 7.75. The van der Waals surface area contributed by atoms with Gasteiger partial charge in [0.1, 0.15) is 23.1 Å². The molecule has 3 nitrogen and oxygen atoms in total. The molecule has 0 aliphatic heterocycles. The first kappa shape index (κ1) is 26.9. The Morgan fingerprint density at radius 3 is 2.49 bits per heavy atom. The summed E-state index contributed by atoms with van der Waals surface area (Å²) in [5.74, 6) is -1.23. The van der Waals surface area contributed by atoms with Crippen LogP contribution in [0.15, 0.2) is 61.2 Å². The number of benzene rings is 3. The minimum Gasteiger partial charge on any atom is -0.478 e. The van der Waals surface area contributed by atoms with Crippen LogP contribution in [-0.2, 0) is 6.42 Å². The van der Waals surface area contributed by atoms with E-state index in [1.54, 1.807) is 18.2 Å². The van der Waals surface area contributed by atoms with E-state index in [1.165, 1.54) is 18.2 Å². The molecule has 1 fully saturated rings. The SMILES string of the molecule is C=C(Oc1c(Cl)cccc1C1CC1)c1cccc(F)c1CC(C)(CC)C(C)c1ccc(C(=O)O)cc1F. The molecule has 4 rings (SSSR count). The van der Waals surface area contributed by atoms with E-state index < -0.39 is 23.0 Å². The molecule has 0 saturated heterocycles. The quantitative estimate of drug-likeness (QED) is 0.269. The van der Waals surface area contributed by atoms with Gasteiger partial charge in [0.2, 0.25) is 0 Å². The third-order valence-corrected chi connectivity index (χ3v) is 8.10. The molecular formula is C31H31ClF2O3. The Labute approximate surface area is 221 Å². The maximum Gasteiger partial charge on any atom is 0.335 e. The molecule has 1 saturated carbocycles. The lowest BCUT2D eigenvalue weighted by Gasteiger charge is -2.36. The molecule has 0 heterocycles. The number of rotatable bonds is 10. The Morgan fingerprint density at radius 2 is 1.86 bits per heavy atom. The second-order valence-electron chi connectivity index (χ2n) is 10.2.